The minimum absolute atomic E-state index is 0.214. The van der Waals surface area contributed by atoms with Crippen molar-refractivity contribution in [2.24, 2.45) is 0 Å². The minimum Gasteiger partial charge on any atom is -0.495 e. The fourth-order valence-corrected chi connectivity index (χ4v) is 2.48. The maximum absolute atomic E-state index is 13.0. The smallest absolute Gasteiger partial charge is 0.141 e. The van der Waals surface area contributed by atoms with E-state index < -0.39 is 0 Å². The van der Waals surface area contributed by atoms with Crippen LogP contribution in [0.1, 0.15) is 5.56 Å². The molecule has 2 rings (SSSR count). The number of hydrogen-bond acceptors (Lipinski definition) is 3. The molecule has 0 radical (unpaired) electrons. The van der Waals surface area contributed by atoms with Crippen LogP contribution in [0.15, 0.2) is 47.4 Å². The van der Waals surface area contributed by atoms with E-state index in [0.717, 1.165) is 16.2 Å². The number of halogens is 1. The molecule has 0 saturated heterocycles. The minimum atomic E-state index is -0.214. The maximum atomic E-state index is 13.0. The number of rotatable bonds is 4. The van der Waals surface area contributed by atoms with Gasteiger partial charge in [0.1, 0.15) is 11.6 Å². The molecule has 0 spiro atoms. The highest BCUT2D eigenvalue weighted by atomic mass is 32.2. The molecule has 4 heteroatoms. The molecule has 0 aliphatic rings. The van der Waals surface area contributed by atoms with E-state index in [9.17, 15) is 4.39 Å². The monoisotopic (exact) mass is 263 g/mol. The molecule has 94 valence electrons. The van der Waals surface area contributed by atoms with Gasteiger partial charge in [-0.05, 0) is 35.9 Å². The summed E-state index contributed by atoms with van der Waals surface area (Å²) >= 11 is 1.57. The van der Waals surface area contributed by atoms with Crippen molar-refractivity contribution < 1.29 is 9.13 Å². The molecule has 2 nitrogen and oxygen atoms in total. The number of ether oxygens (including phenoxy) is 1. The predicted octanol–water partition coefficient (Wildman–Crippen LogP) is 3.71. The topological polar surface area (TPSA) is 35.2 Å². The van der Waals surface area contributed by atoms with Gasteiger partial charge in [-0.3, -0.25) is 0 Å². The average Bonchev–Trinajstić information content (AvgIpc) is 2.37. The van der Waals surface area contributed by atoms with E-state index in [4.69, 9.17) is 10.5 Å². The summed E-state index contributed by atoms with van der Waals surface area (Å²) in [5.74, 6) is 1.21. The molecule has 0 aliphatic heterocycles. The largest absolute Gasteiger partial charge is 0.495 e. The molecule has 2 aromatic rings. The van der Waals surface area contributed by atoms with E-state index >= 15 is 0 Å². The molecule has 0 aliphatic carbocycles. The Bertz CT molecular complexity index is 545. The summed E-state index contributed by atoms with van der Waals surface area (Å²) in [5.41, 5.74) is 7.54. The van der Waals surface area contributed by atoms with Gasteiger partial charge in [-0.25, -0.2) is 4.39 Å². The first-order chi connectivity index (χ1) is 8.69. The Morgan fingerprint density at radius 1 is 1.22 bits per heavy atom. The fourth-order valence-electron chi connectivity index (χ4n) is 1.60. The van der Waals surface area contributed by atoms with Crippen LogP contribution in [0.25, 0.3) is 0 Å². The molecule has 0 amide bonds. The van der Waals surface area contributed by atoms with Crippen molar-refractivity contribution in [1.82, 2.24) is 0 Å². The third kappa shape index (κ3) is 3.17. The van der Waals surface area contributed by atoms with Gasteiger partial charge in [0.15, 0.2) is 0 Å². The van der Waals surface area contributed by atoms with Crippen molar-refractivity contribution in [1.29, 1.82) is 0 Å². The normalized spacial score (nSPS) is 10.3. The molecule has 2 aromatic carbocycles. The van der Waals surface area contributed by atoms with Gasteiger partial charge in [-0.15, -0.1) is 11.8 Å². The van der Waals surface area contributed by atoms with E-state index in [0.29, 0.717) is 11.4 Å². The van der Waals surface area contributed by atoms with Crippen LogP contribution >= 0.6 is 11.8 Å². The van der Waals surface area contributed by atoms with Crippen molar-refractivity contribution in [3.63, 3.8) is 0 Å². The second-order valence-corrected chi connectivity index (χ2v) is 4.87. The Hall–Kier alpha value is -1.68. The Morgan fingerprint density at radius 3 is 2.72 bits per heavy atom. The fraction of sp³-hybridized carbons (Fsp3) is 0.143. The van der Waals surface area contributed by atoms with Gasteiger partial charge in [0.05, 0.1) is 12.8 Å². The first kappa shape index (κ1) is 12.8. The molecule has 0 fully saturated rings. The van der Waals surface area contributed by atoms with Gasteiger partial charge in [0, 0.05) is 10.6 Å². The van der Waals surface area contributed by atoms with E-state index in [-0.39, 0.29) is 5.82 Å². The summed E-state index contributed by atoms with van der Waals surface area (Å²) in [6, 6.07) is 12.2. The van der Waals surface area contributed by atoms with Gasteiger partial charge in [-0.2, -0.15) is 0 Å². The van der Waals surface area contributed by atoms with Crippen molar-refractivity contribution >= 4 is 17.4 Å². The lowest BCUT2D eigenvalue weighted by Gasteiger charge is -2.07. The first-order valence-corrected chi connectivity index (χ1v) is 6.48. The van der Waals surface area contributed by atoms with Crippen LogP contribution in [-0.2, 0) is 5.75 Å². The van der Waals surface area contributed by atoms with Crippen molar-refractivity contribution in [2.45, 2.75) is 10.6 Å². The molecule has 2 N–H and O–H groups in total. The lowest BCUT2D eigenvalue weighted by Crippen LogP contribution is -1.93. The Labute approximate surface area is 110 Å². The van der Waals surface area contributed by atoms with Crippen LogP contribution in [0.5, 0.6) is 5.75 Å². The second-order valence-electron chi connectivity index (χ2n) is 3.82. The third-order valence-electron chi connectivity index (χ3n) is 2.50. The standard InChI is InChI=1S/C14H14FNOS/c1-17-14-6-5-10(7-13(14)16)9-18-12-4-2-3-11(15)8-12/h2-8H,9,16H2,1H3. The zero-order chi connectivity index (χ0) is 13.0. The van der Waals surface area contributed by atoms with Gasteiger partial charge >= 0.3 is 0 Å². The SMILES string of the molecule is COc1ccc(CSc2cccc(F)c2)cc1N. The number of methoxy groups -OCH3 is 1. The molecule has 0 saturated carbocycles. The highest BCUT2D eigenvalue weighted by molar-refractivity contribution is 7.98. The summed E-state index contributed by atoms with van der Waals surface area (Å²) in [4.78, 5) is 0.907. The van der Waals surface area contributed by atoms with E-state index in [1.807, 2.05) is 24.3 Å². The summed E-state index contributed by atoms with van der Waals surface area (Å²) in [6.07, 6.45) is 0. The van der Waals surface area contributed by atoms with Crippen LogP contribution in [0.4, 0.5) is 10.1 Å². The van der Waals surface area contributed by atoms with Crippen LogP contribution in [0.2, 0.25) is 0 Å². The van der Waals surface area contributed by atoms with E-state index in [2.05, 4.69) is 0 Å². The van der Waals surface area contributed by atoms with Crippen molar-refractivity contribution in [2.75, 3.05) is 12.8 Å². The molecular formula is C14H14FNOS. The summed E-state index contributed by atoms with van der Waals surface area (Å²) in [7, 11) is 1.59. The number of anilines is 1. The van der Waals surface area contributed by atoms with Crippen molar-refractivity contribution in [3.8, 4) is 5.75 Å². The number of benzene rings is 2. The van der Waals surface area contributed by atoms with E-state index in [1.165, 1.54) is 12.1 Å². The lowest BCUT2D eigenvalue weighted by molar-refractivity contribution is 0.417. The van der Waals surface area contributed by atoms with Gasteiger partial charge in [0.25, 0.3) is 0 Å². The van der Waals surface area contributed by atoms with E-state index in [1.54, 1.807) is 24.9 Å². The maximum Gasteiger partial charge on any atom is 0.141 e. The summed E-state index contributed by atoms with van der Waals surface area (Å²) in [5, 5.41) is 0. The molecule has 0 heterocycles. The molecule has 0 atom stereocenters. The van der Waals surface area contributed by atoms with Gasteiger partial charge in [-0.1, -0.05) is 12.1 Å². The number of nitrogens with two attached hydrogens (primary N) is 1. The van der Waals surface area contributed by atoms with Crippen LogP contribution < -0.4 is 10.5 Å². The summed E-state index contributed by atoms with van der Waals surface area (Å²) < 4.78 is 18.1. The van der Waals surface area contributed by atoms with Gasteiger partial charge < -0.3 is 10.5 Å². The lowest BCUT2D eigenvalue weighted by atomic mass is 10.2. The zero-order valence-corrected chi connectivity index (χ0v) is 10.8. The average molecular weight is 263 g/mol. The first-order valence-electron chi connectivity index (χ1n) is 5.50. The Kier molecular flexibility index (Phi) is 4.10. The molecule has 18 heavy (non-hydrogen) atoms. The third-order valence-corrected chi connectivity index (χ3v) is 3.56. The molecule has 0 unspecified atom stereocenters. The molecular weight excluding hydrogens is 249 g/mol. The Morgan fingerprint density at radius 2 is 2.06 bits per heavy atom. The number of nitrogen functional groups attached to an aromatic ring is 1. The van der Waals surface area contributed by atoms with Crippen molar-refractivity contribution in [3.05, 3.63) is 53.8 Å². The number of hydrogen-bond donors (Lipinski definition) is 1. The van der Waals surface area contributed by atoms with Crippen LogP contribution in [0.3, 0.4) is 0 Å². The van der Waals surface area contributed by atoms with Crippen LogP contribution in [-0.4, -0.2) is 7.11 Å². The second kappa shape index (κ2) is 5.78. The quantitative estimate of drug-likeness (QED) is 0.674. The van der Waals surface area contributed by atoms with Crippen LogP contribution in [0, 0.1) is 5.82 Å². The molecule has 0 bridgehead atoms. The highest BCUT2D eigenvalue weighted by Gasteiger charge is 2.02. The van der Waals surface area contributed by atoms with Gasteiger partial charge in [0.2, 0.25) is 0 Å². The zero-order valence-electron chi connectivity index (χ0n) is 10.0. The summed E-state index contributed by atoms with van der Waals surface area (Å²) in [6.45, 7) is 0. The Balaban J connectivity index is 2.04. The highest BCUT2D eigenvalue weighted by Crippen LogP contribution is 2.27. The molecule has 0 aromatic heterocycles. The number of thioether (sulfide) groups is 1. The predicted molar refractivity (Wildman–Crippen MR) is 73.4 cm³/mol.